The summed E-state index contributed by atoms with van der Waals surface area (Å²) in [6.07, 6.45) is 2.12. The molecule has 2 amide bonds. The normalized spacial score (nSPS) is 18.3. The molecule has 2 aliphatic heterocycles. The first kappa shape index (κ1) is 13.3. The van der Waals surface area contributed by atoms with Crippen molar-refractivity contribution >= 4 is 35.0 Å². The maximum atomic E-state index is 12.2. The van der Waals surface area contributed by atoms with Crippen LogP contribution in [0.15, 0.2) is 23.1 Å². The van der Waals surface area contributed by atoms with Gasteiger partial charge in [-0.2, -0.15) is 0 Å². The molecule has 0 aromatic heterocycles. The third-order valence-electron chi connectivity index (χ3n) is 3.68. The Labute approximate surface area is 122 Å². The van der Waals surface area contributed by atoms with Crippen LogP contribution in [0.5, 0.6) is 0 Å². The van der Waals surface area contributed by atoms with Crippen LogP contribution in [0, 0.1) is 0 Å². The Morgan fingerprint density at radius 1 is 1.30 bits per heavy atom. The lowest BCUT2D eigenvalue weighted by atomic mass is 10.2. The first-order valence-electron chi connectivity index (χ1n) is 6.75. The molecule has 6 heteroatoms. The van der Waals surface area contributed by atoms with Gasteiger partial charge in [-0.05, 0) is 31.0 Å². The second kappa shape index (κ2) is 5.36. The maximum Gasteiger partial charge on any atom is 0.242 e. The molecule has 2 aliphatic rings. The van der Waals surface area contributed by atoms with Gasteiger partial charge in [-0.1, -0.05) is 0 Å². The third kappa shape index (κ3) is 2.47. The molecular weight excluding hydrogens is 274 g/mol. The summed E-state index contributed by atoms with van der Waals surface area (Å²) in [7, 11) is 0. The van der Waals surface area contributed by atoms with Crippen LogP contribution in [-0.4, -0.2) is 42.1 Å². The molecule has 0 saturated carbocycles. The molecule has 0 spiro atoms. The van der Waals surface area contributed by atoms with E-state index in [4.69, 9.17) is 5.73 Å². The zero-order valence-electron chi connectivity index (χ0n) is 11.2. The van der Waals surface area contributed by atoms with Crippen LogP contribution in [0.4, 0.5) is 11.4 Å². The summed E-state index contributed by atoms with van der Waals surface area (Å²) in [4.78, 5) is 28.7. The van der Waals surface area contributed by atoms with Crippen LogP contribution in [0.25, 0.3) is 0 Å². The number of nitrogen functional groups attached to an aromatic ring is 1. The van der Waals surface area contributed by atoms with Crippen LogP contribution in [-0.2, 0) is 9.59 Å². The van der Waals surface area contributed by atoms with Crippen molar-refractivity contribution in [1.82, 2.24) is 4.90 Å². The summed E-state index contributed by atoms with van der Waals surface area (Å²) in [6, 6.07) is 5.46. The molecule has 106 valence electrons. The van der Waals surface area contributed by atoms with E-state index in [-0.39, 0.29) is 18.4 Å². The summed E-state index contributed by atoms with van der Waals surface area (Å²) < 4.78 is 0. The highest BCUT2D eigenvalue weighted by molar-refractivity contribution is 8.00. The average Bonchev–Trinajstić information content (AvgIpc) is 2.96. The number of anilines is 2. The van der Waals surface area contributed by atoms with Crippen LogP contribution >= 0.6 is 11.8 Å². The molecule has 1 saturated heterocycles. The van der Waals surface area contributed by atoms with E-state index >= 15 is 0 Å². The maximum absolute atomic E-state index is 12.2. The number of carbonyl (C=O) groups excluding carboxylic acids is 2. The van der Waals surface area contributed by atoms with Gasteiger partial charge in [-0.15, -0.1) is 11.8 Å². The minimum atomic E-state index is -0.0141. The SMILES string of the molecule is Nc1ccc2c(c1)SCC(=O)N2CC(=O)N1CCCC1. The van der Waals surface area contributed by atoms with Gasteiger partial charge >= 0.3 is 0 Å². The minimum Gasteiger partial charge on any atom is -0.399 e. The van der Waals surface area contributed by atoms with E-state index in [0.29, 0.717) is 11.4 Å². The molecule has 3 rings (SSSR count). The molecule has 0 aliphatic carbocycles. The van der Waals surface area contributed by atoms with Gasteiger partial charge in [0.2, 0.25) is 11.8 Å². The van der Waals surface area contributed by atoms with Crippen molar-refractivity contribution in [1.29, 1.82) is 0 Å². The summed E-state index contributed by atoms with van der Waals surface area (Å²) in [5.74, 6) is 0.384. The smallest absolute Gasteiger partial charge is 0.242 e. The van der Waals surface area contributed by atoms with Gasteiger partial charge in [-0.25, -0.2) is 0 Å². The highest BCUT2D eigenvalue weighted by Crippen LogP contribution is 2.36. The quantitative estimate of drug-likeness (QED) is 0.835. The standard InChI is InChI=1S/C14H17N3O2S/c15-10-3-4-11-12(7-10)20-9-14(19)17(11)8-13(18)16-5-1-2-6-16/h3-4,7H,1-2,5-6,8-9,15H2. The number of rotatable bonds is 2. The Kier molecular flexibility index (Phi) is 3.56. The van der Waals surface area contributed by atoms with Gasteiger partial charge in [0.05, 0.1) is 11.4 Å². The van der Waals surface area contributed by atoms with E-state index in [1.165, 1.54) is 11.8 Å². The van der Waals surface area contributed by atoms with E-state index in [1.807, 2.05) is 17.0 Å². The Balaban J connectivity index is 1.82. The average molecular weight is 291 g/mol. The van der Waals surface area contributed by atoms with Crippen molar-refractivity contribution in [2.45, 2.75) is 17.7 Å². The summed E-state index contributed by atoms with van der Waals surface area (Å²) in [6.45, 7) is 1.75. The van der Waals surface area contributed by atoms with E-state index in [1.54, 1.807) is 11.0 Å². The molecule has 1 aromatic rings. The van der Waals surface area contributed by atoms with Crippen molar-refractivity contribution in [2.24, 2.45) is 0 Å². The number of amides is 2. The number of carbonyl (C=O) groups is 2. The fourth-order valence-corrected chi connectivity index (χ4v) is 3.58. The Morgan fingerprint density at radius 2 is 2.05 bits per heavy atom. The molecule has 5 nitrogen and oxygen atoms in total. The first-order valence-corrected chi connectivity index (χ1v) is 7.74. The topological polar surface area (TPSA) is 66.6 Å². The number of benzene rings is 1. The number of likely N-dealkylation sites (tertiary alicyclic amines) is 1. The van der Waals surface area contributed by atoms with Crippen molar-refractivity contribution < 1.29 is 9.59 Å². The van der Waals surface area contributed by atoms with E-state index in [0.717, 1.165) is 36.5 Å². The molecule has 2 N–H and O–H groups in total. The molecular formula is C14H17N3O2S. The monoisotopic (exact) mass is 291 g/mol. The summed E-state index contributed by atoms with van der Waals surface area (Å²) in [5, 5.41) is 0. The second-order valence-electron chi connectivity index (χ2n) is 5.08. The molecule has 0 bridgehead atoms. The lowest BCUT2D eigenvalue weighted by molar-refractivity contribution is -0.130. The second-order valence-corrected chi connectivity index (χ2v) is 6.10. The van der Waals surface area contributed by atoms with Gasteiger partial charge in [-0.3, -0.25) is 9.59 Å². The predicted molar refractivity (Wildman–Crippen MR) is 79.7 cm³/mol. The minimum absolute atomic E-state index is 0.0141. The Morgan fingerprint density at radius 3 is 2.80 bits per heavy atom. The van der Waals surface area contributed by atoms with Crippen LogP contribution in [0.2, 0.25) is 0 Å². The molecule has 20 heavy (non-hydrogen) atoms. The van der Waals surface area contributed by atoms with Crippen molar-refractivity contribution in [3.63, 3.8) is 0 Å². The van der Waals surface area contributed by atoms with Gasteiger partial charge in [0.15, 0.2) is 0 Å². The molecule has 0 radical (unpaired) electrons. The molecule has 0 atom stereocenters. The number of thioether (sulfide) groups is 1. The number of hydrogen-bond acceptors (Lipinski definition) is 4. The molecule has 2 heterocycles. The largest absolute Gasteiger partial charge is 0.399 e. The number of nitrogens with zero attached hydrogens (tertiary/aromatic N) is 2. The fourth-order valence-electron chi connectivity index (χ4n) is 2.60. The first-order chi connectivity index (χ1) is 9.65. The van der Waals surface area contributed by atoms with E-state index in [9.17, 15) is 9.59 Å². The fraction of sp³-hybridized carbons (Fsp3) is 0.429. The highest BCUT2D eigenvalue weighted by atomic mass is 32.2. The van der Waals surface area contributed by atoms with E-state index in [2.05, 4.69) is 0 Å². The zero-order valence-corrected chi connectivity index (χ0v) is 12.0. The van der Waals surface area contributed by atoms with E-state index < -0.39 is 0 Å². The highest BCUT2D eigenvalue weighted by Gasteiger charge is 2.28. The lowest BCUT2D eigenvalue weighted by Crippen LogP contribution is -2.44. The number of hydrogen-bond donors (Lipinski definition) is 1. The molecule has 0 unspecified atom stereocenters. The van der Waals surface area contributed by atoms with Crippen molar-refractivity contribution in [3.8, 4) is 0 Å². The van der Waals surface area contributed by atoms with Gasteiger partial charge < -0.3 is 15.5 Å². The molecule has 1 fully saturated rings. The molecule has 1 aromatic carbocycles. The Bertz CT molecular complexity index is 555. The number of fused-ring (bicyclic) bond motifs is 1. The summed E-state index contributed by atoms with van der Waals surface area (Å²) in [5.41, 5.74) is 7.25. The zero-order chi connectivity index (χ0) is 14.1. The lowest BCUT2D eigenvalue weighted by Gasteiger charge is -2.30. The van der Waals surface area contributed by atoms with Gasteiger partial charge in [0.1, 0.15) is 6.54 Å². The van der Waals surface area contributed by atoms with Crippen LogP contribution < -0.4 is 10.6 Å². The Hall–Kier alpha value is -1.69. The van der Waals surface area contributed by atoms with Crippen molar-refractivity contribution in [3.05, 3.63) is 18.2 Å². The van der Waals surface area contributed by atoms with Crippen LogP contribution in [0.3, 0.4) is 0 Å². The van der Waals surface area contributed by atoms with Crippen molar-refractivity contribution in [2.75, 3.05) is 36.0 Å². The van der Waals surface area contributed by atoms with Gasteiger partial charge in [0.25, 0.3) is 0 Å². The predicted octanol–water partition coefficient (Wildman–Crippen LogP) is 1.33. The number of nitrogens with two attached hydrogens (primary N) is 1. The third-order valence-corrected chi connectivity index (χ3v) is 4.71. The van der Waals surface area contributed by atoms with Gasteiger partial charge in [0, 0.05) is 23.7 Å². The van der Waals surface area contributed by atoms with Crippen LogP contribution in [0.1, 0.15) is 12.8 Å². The summed E-state index contributed by atoms with van der Waals surface area (Å²) >= 11 is 1.48.